The van der Waals surface area contributed by atoms with Crippen LogP contribution in [0.5, 0.6) is 0 Å². The van der Waals surface area contributed by atoms with Gasteiger partial charge in [-0.05, 0) is 22.6 Å². The van der Waals surface area contributed by atoms with Crippen molar-refractivity contribution in [3.05, 3.63) is 27.1 Å². The lowest BCUT2D eigenvalue weighted by molar-refractivity contribution is 0.139. The van der Waals surface area contributed by atoms with E-state index in [1.54, 1.807) is 0 Å². The van der Waals surface area contributed by atoms with Crippen LogP contribution in [0.2, 0.25) is 0 Å². The molecule has 0 unspecified atom stereocenters. The largest absolute Gasteiger partial charge is 0.271 e. The fraction of sp³-hybridized carbons (Fsp3) is 0.167. The lowest BCUT2D eigenvalue weighted by Crippen LogP contribution is -2.00. The minimum Gasteiger partial charge on any atom is -0.213 e. The molecule has 0 aliphatic heterocycles. The van der Waals surface area contributed by atoms with Gasteiger partial charge in [-0.3, -0.25) is 0 Å². The summed E-state index contributed by atoms with van der Waals surface area (Å²) in [6.45, 7) is 0. The first-order chi connectivity index (χ1) is 5.52. The summed E-state index contributed by atoms with van der Waals surface area (Å²) in [7, 11) is 0. The summed E-state index contributed by atoms with van der Waals surface area (Å²) in [4.78, 5) is 3.06. The molecular weight excluding hydrogens is 289 g/mol. The second kappa shape index (κ2) is 3.55. The summed E-state index contributed by atoms with van der Waals surface area (Å²) >= 11 is 1.54. The number of halogens is 5. The molecule has 0 saturated carbocycles. The van der Waals surface area contributed by atoms with Crippen LogP contribution in [0.25, 0.3) is 0 Å². The highest BCUT2D eigenvalue weighted by atomic mass is 127. The predicted molar refractivity (Wildman–Crippen MR) is 41.8 cm³/mol. The van der Waals surface area contributed by atoms with Crippen molar-refractivity contribution in [2.24, 2.45) is 0 Å². The Morgan fingerprint density at radius 1 is 1.33 bits per heavy atom. The van der Waals surface area contributed by atoms with E-state index in [-0.39, 0.29) is 3.70 Å². The number of pyridine rings is 1. The smallest absolute Gasteiger partial charge is 0.213 e. The van der Waals surface area contributed by atoms with Crippen molar-refractivity contribution in [1.82, 2.24) is 4.98 Å². The average Bonchev–Trinajstić information content (AvgIpc) is 1.82. The first-order valence-corrected chi connectivity index (χ1v) is 3.90. The van der Waals surface area contributed by atoms with Crippen molar-refractivity contribution < 1.29 is 17.6 Å². The van der Waals surface area contributed by atoms with E-state index < -0.39 is 23.8 Å². The zero-order chi connectivity index (χ0) is 9.30. The van der Waals surface area contributed by atoms with E-state index in [1.165, 1.54) is 22.6 Å². The van der Waals surface area contributed by atoms with Crippen molar-refractivity contribution >= 4 is 22.6 Å². The highest BCUT2D eigenvalue weighted by Gasteiger charge is 2.20. The van der Waals surface area contributed by atoms with Crippen molar-refractivity contribution in [2.75, 3.05) is 0 Å². The Balaban J connectivity index is 3.28. The summed E-state index contributed by atoms with van der Waals surface area (Å²) in [6, 6.07) is 0.755. The molecule has 0 radical (unpaired) electrons. The van der Waals surface area contributed by atoms with Crippen LogP contribution in [0.3, 0.4) is 0 Å². The summed E-state index contributed by atoms with van der Waals surface area (Å²) in [5.74, 6) is -2.71. The Hall–Kier alpha value is -0.400. The zero-order valence-electron chi connectivity index (χ0n) is 5.49. The molecule has 1 rings (SSSR count). The van der Waals surface area contributed by atoms with E-state index in [1.807, 2.05) is 0 Å². The summed E-state index contributed by atoms with van der Waals surface area (Å²) in [6.07, 6.45) is -3.17. The van der Waals surface area contributed by atoms with Crippen LogP contribution in [-0.2, 0) is 0 Å². The van der Waals surface area contributed by atoms with Gasteiger partial charge in [0.1, 0.15) is 15.1 Å². The first-order valence-electron chi connectivity index (χ1n) is 2.82. The predicted octanol–water partition coefficient (Wildman–Crippen LogP) is 2.90. The maximum absolute atomic E-state index is 12.6. The SMILES string of the molecule is Fc1cc(I)nc(F)c1C(F)F. The molecule has 1 aromatic heterocycles. The fourth-order valence-corrected chi connectivity index (χ4v) is 1.15. The first kappa shape index (κ1) is 9.69. The van der Waals surface area contributed by atoms with Gasteiger partial charge in [-0.2, -0.15) is 4.39 Å². The minimum atomic E-state index is -3.17. The highest BCUT2D eigenvalue weighted by Crippen LogP contribution is 2.24. The monoisotopic (exact) mass is 291 g/mol. The standard InChI is InChI=1S/C6H2F4IN/c7-2-1-3(11)12-6(10)4(2)5(8)9/h1,5H. The molecule has 0 spiro atoms. The van der Waals surface area contributed by atoms with Crippen molar-refractivity contribution in [3.63, 3.8) is 0 Å². The lowest BCUT2D eigenvalue weighted by Gasteiger charge is -2.02. The molecular formula is C6H2F4IN. The Morgan fingerprint density at radius 3 is 2.33 bits per heavy atom. The zero-order valence-corrected chi connectivity index (χ0v) is 7.65. The third kappa shape index (κ3) is 1.85. The molecule has 1 heterocycles. The Morgan fingerprint density at radius 2 is 1.92 bits per heavy atom. The highest BCUT2D eigenvalue weighted by molar-refractivity contribution is 14.1. The number of nitrogens with zero attached hydrogens (tertiary/aromatic N) is 1. The van der Waals surface area contributed by atoms with E-state index in [9.17, 15) is 17.6 Å². The number of hydrogen-bond donors (Lipinski definition) is 0. The summed E-state index contributed by atoms with van der Waals surface area (Å²) in [5.41, 5.74) is -1.27. The van der Waals surface area contributed by atoms with E-state index in [2.05, 4.69) is 4.98 Å². The number of rotatable bonds is 1. The molecule has 0 aromatic carbocycles. The van der Waals surface area contributed by atoms with Gasteiger partial charge < -0.3 is 0 Å². The Labute approximate surface area is 78.9 Å². The Kier molecular flexibility index (Phi) is 2.86. The van der Waals surface area contributed by atoms with Crippen molar-refractivity contribution in [3.8, 4) is 0 Å². The average molecular weight is 291 g/mol. The van der Waals surface area contributed by atoms with E-state index in [4.69, 9.17) is 0 Å². The third-order valence-electron chi connectivity index (χ3n) is 1.15. The van der Waals surface area contributed by atoms with Crippen LogP contribution >= 0.6 is 22.6 Å². The maximum atomic E-state index is 12.6. The number of alkyl halides is 2. The van der Waals surface area contributed by atoms with Crippen LogP contribution < -0.4 is 0 Å². The fourth-order valence-electron chi connectivity index (χ4n) is 0.661. The second-order valence-electron chi connectivity index (χ2n) is 1.93. The molecule has 66 valence electrons. The normalized spacial score (nSPS) is 10.8. The Bertz CT molecular complexity index is 279. The molecule has 0 saturated heterocycles. The molecule has 1 aromatic rings. The topological polar surface area (TPSA) is 12.9 Å². The van der Waals surface area contributed by atoms with Crippen LogP contribution in [-0.4, -0.2) is 4.98 Å². The summed E-state index contributed by atoms with van der Waals surface area (Å²) < 4.78 is 48.9. The molecule has 0 bridgehead atoms. The van der Waals surface area contributed by atoms with Crippen LogP contribution in [0, 0.1) is 15.5 Å². The lowest BCUT2D eigenvalue weighted by atomic mass is 10.3. The number of aromatic nitrogens is 1. The molecule has 0 N–H and O–H groups in total. The van der Waals surface area contributed by atoms with Gasteiger partial charge in [-0.1, -0.05) is 0 Å². The second-order valence-corrected chi connectivity index (χ2v) is 3.04. The molecule has 0 aliphatic rings. The molecule has 12 heavy (non-hydrogen) atoms. The van der Waals surface area contributed by atoms with Crippen LogP contribution in [0.4, 0.5) is 17.6 Å². The van der Waals surface area contributed by atoms with Gasteiger partial charge >= 0.3 is 0 Å². The van der Waals surface area contributed by atoms with Gasteiger partial charge in [-0.25, -0.2) is 18.2 Å². The number of hydrogen-bond acceptors (Lipinski definition) is 1. The molecule has 0 atom stereocenters. The van der Waals surface area contributed by atoms with Gasteiger partial charge in [0, 0.05) is 6.07 Å². The van der Waals surface area contributed by atoms with Crippen molar-refractivity contribution in [2.45, 2.75) is 6.43 Å². The van der Waals surface area contributed by atoms with Gasteiger partial charge in [0.15, 0.2) is 0 Å². The minimum absolute atomic E-state index is 0.00648. The van der Waals surface area contributed by atoms with Gasteiger partial charge in [-0.15, -0.1) is 0 Å². The van der Waals surface area contributed by atoms with E-state index in [0.29, 0.717) is 0 Å². The maximum Gasteiger partial charge on any atom is 0.271 e. The van der Waals surface area contributed by atoms with Crippen LogP contribution in [0.1, 0.15) is 12.0 Å². The van der Waals surface area contributed by atoms with E-state index in [0.717, 1.165) is 6.07 Å². The third-order valence-corrected chi connectivity index (χ3v) is 1.70. The van der Waals surface area contributed by atoms with Gasteiger partial charge in [0.05, 0.1) is 0 Å². The quantitative estimate of drug-likeness (QED) is 0.440. The molecule has 0 amide bonds. The molecule has 1 nitrogen and oxygen atoms in total. The van der Waals surface area contributed by atoms with Crippen molar-refractivity contribution in [1.29, 1.82) is 0 Å². The van der Waals surface area contributed by atoms with Crippen LogP contribution in [0.15, 0.2) is 6.07 Å². The van der Waals surface area contributed by atoms with Gasteiger partial charge in [0.25, 0.3) is 6.43 Å². The molecule has 6 heteroatoms. The summed E-state index contributed by atoms with van der Waals surface area (Å²) in [5, 5.41) is 0. The molecule has 0 fully saturated rings. The molecule has 0 aliphatic carbocycles. The van der Waals surface area contributed by atoms with E-state index >= 15 is 0 Å². The van der Waals surface area contributed by atoms with Gasteiger partial charge in [0.2, 0.25) is 5.95 Å².